The van der Waals surface area contributed by atoms with Crippen molar-refractivity contribution in [3.63, 3.8) is 0 Å². The summed E-state index contributed by atoms with van der Waals surface area (Å²) in [6, 6.07) is 15.3. The van der Waals surface area contributed by atoms with Gasteiger partial charge in [0.05, 0.1) is 119 Å². The van der Waals surface area contributed by atoms with Crippen molar-refractivity contribution in [3.8, 4) is 0 Å². The van der Waals surface area contributed by atoms with Crippen LogP contribution in [-0.4, -0.2) is 150 Å². The summed E-state index contributed by atoms with van der Waals surface area (Å²) < 4.78 is 7.28. The van der Waals surface area contributed by atoms with Crippen LogP contribution in [0, 0.1) is 75.0 Å². The first-order valence-corrected chi connectivity index (χ1v) is 47.3. The van der Waals surface area contributed by atoms with Gasteiger partial charge in [-0.05, 0) is 323 Å². The van der Waals surface area contributed by atoms with Gasteiger partial charge >= 0.3 is 43.4 Å². The van der Waals surface area contributed by atoms with Crippen molar-refractivity contribution >= 4 is 113 Å². The molecule has 28 heteroatoms. The number of hydrogen-bond donors (Lipinski definition) is 18. The summed E-state index contributed by atoms with van der Waals surface area (Å²) in [5.41, 5.74) is 22.5. The second kappa shape index (κ2) is 37.5. The van der Waals surface area contributed by atoms with Gasteiger partial charge in [-0.15, -0.1) is 0 Å². The zero-order valence-corrected chi connectivity index (χ0v) is 79.3. The average Bonchev–Trinajstić information content (AvgIpc) is 1.61. The van der Waals surface area contributed by atoms with Crippen molar-refractivity contribution in [1.82, 2.24) is 82.4 Å². The third-order valence-corrected chi connectivity index (χ3v) is 31.5. The Bertz CT molecular complexity index is 5660. The van der Waals surface area contributed by atoms with E-state index in [0.29, 0.717) is 145 Å². The number of aliphatic hydroxyl groups excluding tert-OH is 2. The monoisotopic (exact) mass is 1790 g/mol. The number of aromatic nitrogens is 8. The van der Waals surface area contributed by atoms with E-state index in [1.807, 2.05) is 118 Å². The fraction of sp³-hybridized carbons (Fsp3) is 0.560. The molecule has 18 N–H and O–H groups in total. The molecule has 4 aliphatic carbocycles. The van der Waals surface area contributed by atoms with Gasteiger partial charge in [0.1, 0.15) is 0 Å². The fourth-order valence-corrected chi connectivity index (χ4v) is 25.0. The molecule has 9 fully saturated rings. The molecule has 0 amide bonds. The number of hydrogen-bond acceptors (Lipinski definition) is 19. The zero-order valence-electron chi connectivity index (χ0n) is 76.4. The summed E-state index contributed by atoms with van der Waals surface area (Å²) >= 11 is 0. The molecule has 0 spiro atoms. The van der Waals surface area contributed by atoms with Crippen LogP contribution in [0.1, 0.15) is 311 Å². The second-order valence-corrected chi connectivity index (χ2v) is 39.0. The molecule has 15 heterocycles. The number of aromatic amines is 4. The number of nitrogens with one attached hydrogen (secondary N) is 12. The number of fused-ring (bicyclic) bond motifs is 36. The van der Waals surface area contributed by atoms with Gasteiger partial charge < -0.3 is 55.3 Å². The summed E-state index contributed by atoms with van der Waals surface area (Å²) in [6.07, 6.45) is 22.8. The summed E-state index contributed by atoms with van der Waals surface area (Å²) in [4.78, 5) is 83.1. The van der Waals surface area contributed by atoms with Gasteiger partial charge in [0.15, 0.2) is 0 Å². The zero-order chi connectivity index (χ0) is 89.0. The van der Waals surface area contributed by atoms with E-state index in [4.69, 9.17) is 24.7 Å². The molecule has 6 aromatic rings. The number of H-pyrrole nitrogens is 4. The Morgan fingerprint density at radius 1 is 0.320 bits per heavy atom. The Balaban J connectivity index is 0.000000231. The molecule has 676 valence electrons. The quantitative estimate of drug-likeness (QED) is 0.0355. The van der Waals surface area contributed by atoms with Crippen molar-refractivity contribution in [1.29, 1.82) is 0 Å². The summed E-state index contributed by atoms with van der Waals surface area (Å²) in [5, 5.41) is 96.0. The number of aliphatic hydroxyl groups is 2. The van der Waals surface area contributed by atoms with E-state index in [1.54, 1.807) is 13.8 Å². The number of ether oxygens (including phenoxy) is 1. The molecule has 12 unspecified atom stereocenters. The molecule has 0 aromatic carbocycles. The molecule has 4 saturated carbocycles. The molecule has 128 heavy (non-hydrogen) atoms. The van der Waals surface area contributed by atoms with E-state index in [9.17, 15) is 49.8 Å². The minimum atomic E-state index is -0.962. The SMILES string of the molecule is C1CCC2C3NC(NC4NC(NC5NC(NC6NC(N3)C3CCCCC63)C3CCCCC53)C3CCCCC43)C2C1.CC1=C(CCC(=O)O)c2cc3nc(cc4[nH]c(cc5[nH]c(cc1n2)c(C)c5C(C)OC(C)c1c(C)c2cc5nc(cc6nc(cc7[nH]c(cc1[nH]2)c(C)c7CCC(=O)O)C(CCC(=O)O)=C6C)C(C)=C5C(C)O)c(C)c4C(C)O)C(C)=C3CCC(=O)O.[Zn+2]. The predicted octanol–water partition coefficient (Wildman–Crippen LogP) is 16.4. The number of allylic oxidation sites excluding steroid dienone is 7. The Morgan fingerprint density at radius 3 is 0.922 bits per heavy atom. The molecule has 12 atom stereocenters. The maximum absolute atomic E-state index is 12.2. The first-order valence-electron chi connectivity index (χ1n) is 47.3. The standard InChI is InChI=1S/C68H74N8O11.C32H56N8.Zn/c1-29-41(13-17-61(79)80)53-28-56-44(16-20-64(85)86)32(4)48(72-56)24-59-68(36(8)52(76-59)25-58-65(37(9)77)33(5)49(73-58)21-45(29)69-53)40(12)87-39(11)67-35(7)50-22-46-30(2)42(14-18-62(81)82)54(70-46)27-55-43(15-19-63(83)84)31(3)47(71-55)23-57-66(38(10)78)34(6)51(74-57)26-60(67)75-50;1-2-10-18-17(9-1)25-33-26(18)38-28-21-13-5-6-14-22(21)30(35-28)40-32-24-16-8-7-15-23(24)31(36-32)39-29-20-12-4-3-11-19(20)27(34-29)37-25;/h21-28,37-40,72,74-78H,13-20H2,1-12H3,(H,79,80)(H,81,82)(H,83,84)(H,85,86);17-40H,1-16H2;/q;;+2. The summed E-state index contributed by atoms with van der Waals surface area (Å²) in [7, 11) is 0. The van der Waals surface area contributed by atoms with Gasteiger partial charge in [-0.2, -0.15) is 0 Å². The van der Waals surface area contributed by atoms with E-state index < -0.39 is 48.3 Å². The van der Waals surface area contributed by atoms with Crippen LogP contribution in [-0.2, 0) is 49.8 Å². The van der Waals surface area contributed by atoms with Crippen LogP contribution in [0.15, 0.2) is 48.5 Å². The number of carboxylic acids is 4. The number of carbonyl (C=O) groups is 4. The summed E-state index contributed by atoms with van der Waals surface area (Å²) in [6.45, 7) is 23.0. The Labute approximate surface area is 761 Å². The summed E-state index contributed by atoms with van der Waals surface area (Å²) in [5.74, 6) is 2.14. The third kappa shape index (κ3) is 17.7. The van der Waals surface area contributed by atoms with Crippen LogP contribution in [0.3, 0.4) is 0 Å². The van der Waals surface area contributed by atoms with Crippen LogP contribution in [0.4, 0.5) is 0 Å². The van der Waals surface area contributed by atoms with Crippen molar-refractivity contribution in [2.45, 2.75) is 311 Å². The average molecular weight is 1800 g/mol. The number of carboxylic acid groups (broad SMARTS) is 4. The van der Waals surface area contributed by atoms with E-state index in [-0.39, 0.29) is 70.8 Å². The van der Waals surface area contributed by atoms with E-state index in [1.165, 1.54) is 103 Å². The Hall–Kier alpha value is -8.74. The smallest absolute Gasteiger partial charge is 0.481 e. The minimum absolute atomic E-state index is 0. The van der Waals surface area contributed by atoms with Crippen LogP contribution in [0.5, 0.6) is 0 Å². The molecular formula is C100H130N16O11Zn+2. The van der Waals surface area contributed by atoms with E-state index in [2.05, 4.69) is 62.5 Å². The van der Waals surface area contributed by atoms with Crippen molar-refractivity contribution in [3.05, 3.63) is 139 Å². The maximum Gasteiger partial charge on any atom is 2.00 e. The van der Waals surface area contributed by atoms with Gasteiger partial charge in [0.2, 0.25) is 0 Å². The topological polar surface area (TPSA) is 410 Å². The Morgan fingerprint density at radius 2 is 0.578 bits per heavy atom. The Kier molecular flexibility index (Phi) is 26.7. The van der Waals surface area contributed by atoms with Crippen molar-refractivity contribution < 1.29 is 74.0 Å². The van der Waals surface area contributed by atoms with E-state index >= 15 is 0 Å². The first-order chi connectivity index (χ1) is 61.0. The molecule has 0 radical (unpaired) electrons. The number of rotatable bonds is 18. The molecule has 5 saturated heterocycles. The molecule has 6 aromatic heterocycles. The normalized spacial score (nSPS) is 28.2. The maximum atomic E-state index is 12.2. The third-order valence-electron chi connectivity index (χ3n) is 31.5. The molecule has 24 bridgehead atoms. The van der Waals surface area contributed by atoms with Gasteiger partial charge in [-0.3, -0.25) is 61.7 Å². The molecule has 9 aliphatic heterocycles. The fourth-order valence-electron chi connectivity index (χ4n) is 25.0. The van der Waals surface area contributed by atoms with Gasteiger partial charge in [-0.1, -0.05) is 51.4 Å². The second-order valence-electron chi connectivity index (χ2n) is 39.0. The van der Waals surface area contributed by atoms with Crippen molar-refractivity contribution in [2.24, 2.45) is 47.3 Å². The van der Waals surface area contributed by atoms with Crippen LogP contribution in [0.2, 0.25) is 0 Å². The predicted molar refractivity (Wildman–Crippen MR) is 495 cm³/mol. The van der Waals surface area contributed by atoms with Crippen LogP contribution >= 0.6 is 0 Å². The van der Waals surface area contributed by atoms with Gasteiger partial charge in [0, 0.05) is 92.1 Å². The van der Waals surface area contributed by atoms with Gasteiger partial charge in [0.25, 0.3) is 0 Å². The van der Waals surface area contributed by atoms with Crippen LogP contribution < -0.4 is 42.5 Å². The number of aliphatic carboxylic acids is 4. The molecule has 27 nitrogen and oxygen atoms in total. The molecular weight excluding hydrogens is 1670 g/mol. The first kappa shape index (κ1) is 91.2. The minimum Gasteiger partial charge on any atom is -0.481 e. The molecule has 19 rings (SSSR count). The van der Waals surface area contributed by atoms with Gasteiger partial charge in [-0.25, -0.2) is 19.9 Å². The van der Waals surface area contributed by atoms with Crippen molar-refractivity contribution in [2.75, 3.05) is 0 Å². The number of nitrogens with zero attached hydrogens (tertiary/aromatic N) is 4. The number of aryl methyl sites for hydroxylation is 5. The van der Waals surface area contributed by atoms with Crippen LogP contribution in [0.25, 0.3) is 88.7 Å². The molecule has 13 aliphatic rings. The largest absolute Gasteiger partial charge is 2.00 e. The van der Waals surface area contributed by atoms with E-state index in [0.717, 1.165) is 131 Å².